The molecule has 0 aliphatic carbocycles. The van der Waals surface area contributed by atoms with Crippen molar-refractivity contribution in [3.8, 4) is 11.3 Å². The second-order valence-electron chi connectivity index (χ2n) is 6.60. The molecule has 0 bridgehead atoms. The van der Waals surface area contributed by atoms with E-state index in [9.17, 15) is 14.9 Å². The number of amides is 1. The fourth-order valence-corrected chi connectivity index (χ4v) is 3.20. The van der Waals surface area contributed by atoms with Crippen molar-refractivity contribution in [2.24, 2.45) is 0 Å². The molecule has 8 heteroatoms. The van der Waals surface area contributed by atoms with Crippen molar-refractivity contribution in [2.75, 3.05) is 17.2 Å². The number of aromatic nitrogens is 2. The third kappa shape index (κ3) is 3.97. The highest BCUT2D eigenvalue weighted by molar-refractivity contribution is 5.94. The molecule has 0 unspecified atom stereocenters. The summed E-state index contributed by atoms with van der Waals surface area (Å²) in [6, 6.07) is 21.6. The Morgan fingerprint density at radius 2 is 1.73 bits per heavy atom. The maximum absolute atomic E-state index is 12.6. The zero-order valence-corrected chi connectivity index (χ0v) is 16.0. The molecule has 2 aromatic heterocycles. The molecule has 8 nitrogen and oxygen atoms in total. The molecule has 2 heterocycles. The smallest absolute Gasteiger partial charge is 0.292 e. The molecule has 0 fully saturated rings. The Labute approximate surface area is 172 Å². The summed E-state index contributed by atoms with van der Waals surface area (Å²) in [5, 5.41) is 17.0. The molecule has 0 spiro atoms. The topological polar surface area (TPSA) is 102 Å². The van der Waals surface area contributed by atoms with E-state index in [4.69, 9.17) is 0 Å². The van der Waals surface area contributed by atoms with Gasteiger partial charge in [0.05, 0.1) is 4.92 Å². The molecule has 2 aromatic carbocycles. The number of nitro groups is 1. The lowest BCUT2D eigenvalue weighted by atomic mass is 10.1. The van der Waals surface area contributed by atoms with Crippen LogP contribution in [-0.2, 0) is 4.79 Å². The van der Waals surface area contributed by atoms with Gasteiger partial charge in [0.25, 0.3) is 5.69 Å². The molecule has 150 valence electrons. The van der Waals surface area contributed by atoms with E-state index in [0.717, 1.165) is 11.2 Å². The quantitative estimate of drug-likeness (QED) is 0.354. The summed E-state index contributed by atoms with van der Waals surface area (Å²) in [6.07, 6.45) is 1.98. The Morgan fingerprint density at radius 1 is 1.00 bits per heavy atom. The largest absolute Gasteiger partial charge is 0.379 e. The average molecular weight is 401 g/mol. The van der Waals surface area contributed by atoms with Gasteiger partial charge in [0.1, 0.15) is 22.8 Å². The number of pyridine rings is 1. The first-order chi connectivity index (χ1) is 14.6. The van der Waals surface area contributed by atoms with Crippen LogP contribution in [0.2, 0.25) is 0 Å². The lowest BCUT2D eigenvalue weighted by Crippen LogP contribution is -2.18. The van der Waals surface area contributed by atoms with Crippen LogP contribution in [0.3, 0.4) is 0 Å². The van der Waals surface area contributed by atoms with Gasteiger partial charge in [-0.05, 0) is 18.2 Å². The number of rotatable bonds is 7. The van der Waals surface area contributed by atoms with Gasteiger partial charge in [-0.15, -0.1) is 0 Å². The highest BCUT2D eigenvalue weighted by Crippen LogP contribution is 2.29. The van der Waals surface area contributed by atoms with Crippen molar-refractivity contribution in [2.45, 2.75) is 6.42 Å². The summed E-state index contributed by atoms with van der Waals surface area (Å²) in [5.41, 5.74) is 2.67. The maximum atomic E-state index is 12.6. The van der Waals surface area contributed by atoms with Crippen LogP contribution in [0.4, 0.5) is 17.2 Å². The summed E-state index contributed by atoms with van der Waals surface area (Å²) in [5.74, 6) is 0.372. The fourth-order valence-electron chi connectivity index (χ4n) is 3.20. The number of benzene rings is 2. The maximum Gasteiger partial charge on any atom is 0.292 e. The third-order valence-corrected chi connectivity index (χ3v) is 4.60. The van der Waals surface area contributed by atoms with Gasteiger partial charge in [-0.25, -0.2) is 4.98 Å². The highest BCUT2D eigenvalue weighted by Gasteiger charge is 2.17. The van der Waals surface area contributed by atoms with Crippen LogP contribution in [0.15, 0.2) is 79.0 Å². The van der Waals surface area contributed by atoms with Crippen molar-refractivity contribution in [3.05, 3.63) is 89.1 Å². The minimum absolute atomic E-state index is 0.0222. The second kappa shape index (κ2) is 8.44. The second-order valence-corrected chi connectivity index (χ2v) is 6.60. The first-order valence-electron chi connectivity index (χ1n) is 9.43. The summed E-state index contributed by atoms with van der Waals surface area (Å²) < 4.78 is 1.83. The standard InChI is InChI=1S/C22H19N5O3/c28-20(13-14-23-17-10-4-5-11-18(17)27(29)30)25-22-21(16-8-2-1-3-9-16)24-19-12-6-7-15-26(19)22/h1-12,15,23H,13-14H2,(H,25,28). The monoisotopic (exact) mass is 401 g/mol. The van der Waals surface area contributed by atoms with Crippen molar-refractivity contribution >= 4 is 28.7 Å². The zero-order valence-electron chi connectivity index (χ0n) is 16.0. The molecule has 0 saturated carbocycles. The first kappa shape index (κ1) is 19.1. The molecule has 30 heavy (non-hydrogen) atoms. The van der Waals surface area contributed by atoms with Gasteiger partial charge >= 0.3 is 0 Å². The van der Waals surface area contributed by atoms with Crippen LogP contribution < -0.4 is 10.6 Å². The van der Waals surface area contributed by atoms with Crippen molar-refractivity contribution < 1.29 is 9.72 Å². The number of fused-ring (bicyclic) bond motifs is 1. The predicted molar refractivity (Wildman–Crippen MR) is 115 cm³/mol. The number of hydrogen-bond acceptors (Lipinski definition) is 5. The molecule has 4 rings (SSSR count). The summed E-state index contributed by atoms with van der Waals surface area (Å²) in [6.45, 7) is 0.258. The van der Waals surface area contributed by atoms with Gasteiger partial charge in [0.15, 0.2) is 0 Å². The molecular formula is C22H19N5O3. The molecule has 0 radical (unpaired) electrons. The Hall–Kier alpha value is -4.20. The number of anilines is 2. The molecule has 1 amide bonds. The van der Waals surface area contributed by atoms with Crippen molar-refractivity contribution in [1.29, 1.82) is 0 Å². The van der Waals surface area contributed by atoms with Crippen molar-refractivity contribution in [1.82, 2.24) is 9.38 Å². The Bertz CT molecular complexity index is 1200. The average Bonchev–Trinajstić information content (AvgIpc) is 3.13. The number of nitrogens with zero attached hydrogens (tertiary/aromatic N) is 3. The minimum atomic E-state index is -0.451. The number of nitro benzene ring substituents is 1. The van der Waals surface area contributed by atoms with Crippen LogP contribution >= 0.6 is 0 Å². The fraction of sp³-hybridized carbons (Fsp3) is 0.0909. The molecular weight excluding hydrogens is 382 g/mol. The van der Waals surface area contributed by atoms with Crippen molar-refractivity contribution in [3.63, 3.8) is 0 Å². The lowest BCUT2D eigenvalue weighted by molar-refractivity contribution is -0.384. The van der Waals surface area contributed by atoms with Gasteiger partial charge in [0, 0.05) is 30.8 Å². The number of nitrogens with one attached hydrogen (secondary N) is 2. The number of carbonyl (C=O) groups is 1. The van der Waals surface area contributed by atoms with E-state index in [0.29, 0.717) is 17.2 Å². The Morgan fingerprint density at radius 3 is 2.53 bits per heavy atom. The summed E-state index contributed by atoms with van der Waals surface area (Å²) in [7, 11) is 0. The first-order valence-corrected chi connectivity index (χ1v) is 9.43. The van der Waals surface area contributed by atoms with Crippen LogP contribution in [0.1, 0.15) is 6.42 Å². The molecule has 0 aliphatic heterocycles. The van der Waals surface area contributed by atoms with Gasteiger partial charge in [-0.3, -0.25) is 19.3 Å². The van der Waals surface area contributed by atoms with E-state index in [1.165, 1.54) is 6.07 Å². The van der Waals surface area contributed by atoms with E-state index < -0.39 is 4.92 Å². The van der Waals surface area contributed by atoms with Gasteiger partial charge in [-0.2, -0.15) is 0 Å². The van der Waals surface area contributed by atoms with E-state index in [2.05, 4.69) is 15.6 Å². The van der Waals surface area contributed by atoms with Crippen LogP contribution in [-0.4, -0.2) is 26.8 Å². The highest BCUT2D eigenvalue weighted by atomic mass is 16.6. The zero-order chi connectivity index (χ0) is 20.9. The molecule has 4 aromatic rings. The Balaban J connectivity index is 1.51. The number of para-hydroxylation sites is 2. The molecule has 0 atom stereocenters. The van der Waals surface area contributed by atoms with Crippen LogP contribution in [0.25, 0.3) is 16.9 Å². The van der Waals surface area contributed by atoms with Gasteiger partial charge < -0.3 is 10.6 Å². The van der Waals surface area contributed by atoms with E-state index in [1.54, 1.807) is 18.2 Å². The Kier molecular flexibility index (Phi) is 5.38. The number of carbonyl (C=O) groups excluding carboxylic acids is 1. The molecule has 2 N–H and O–H groups in total. The minimum Gasteiger partial charge on any atom is -0.379 e. The van der Waals surface area contributed by atoms with Gasteiger partial charge in [-0.1, -0.05) is 48.5 Å². The number of hydrogen-bond donors (Lipinski definition) is 2. The molecule has 0 saturated heterocycles. The van der Waals surface area contributed by atoms with Crippen LogP contribution in [0, 0.1) is 10.1 Å². The number of imidazole rings is 1. The normalized spacial score (nSPS) is 10.7. The third-order valence-electron chi connectivity index (χ3n) is 4.60. The van der Waals surface area contributed by atoms with E-state index in [1.807, 2.05) is 59.1 Å². The SMILES string of the molecule is O=C(CCNc1ccccc1[N+](=O)[O-])Nc1c(-c2ccccc2)nc2ccccn12. The van der Waals surface area contributed by atoms with E-state index in [-0.39, 0.29) is 24.6 Å². The summed E-state index contributed by atoms with van der Waals surface area (Å²) >= 11 is 0. The van der Waals surface area contributed by atoms with Gasteiger partial charge in [0.2, 0.25) is 5.91 Å². The van der Waals surface area contributed by atoms with Crippen LogP contribution in [0.5, 0.6) is 0 Å². The predicted octanol–water partition coefficient (Wildman–Crippen LogP) is 4.35. The van der Waals surface area contributed by atoms with E-state index >= 15 is 0 Å². The summed E-state index contributed by atoms with van der Waals surface area (Å²) in [4.78, 5) is 27.9. The lowest BCUT2D eigenvalue weighted by Gasteiger charge is -2.09. The molecule has 0 aliphatic rings.